The quantitative estimate of drug-likeness (QED) is 0.455. The van der Waals surface area contributed by atoms with E-state index in [1.54, 1.807) is 13.8 Å². The van der Waals surface area contributed by atoms with Gasteiger partial charge in [-0.3, -0.25) is 14.5 Å². The zero-order valence-electron chi connectivity index (χ0n) is 9.76. The third kappa shape index (κ3) is 3.51. The summed E-state index contributed by atoms with van der Waals surface area (Å²) in [6.45, 7) is 3.21. The minimum atomic E-state index is -1.14. The van der Waals surface area contributed by atoms with Crippen LogP contribution in [0.25, 0.3) is 0 Å². The molecule has 0 radical (unpaired) electrons. The van der Waals surface area contributed by atoms with Gasteiger partial charge < -0.3 is 15.5 Å². The lowest BCUT2D eigenvalue weighted by Gasteiger charge is -2.08. The van der Waals surface area contributed by atoms with Crippen LogP contribution in [0.4, 0.5) is 4.79 Å². The summed E-state index contributed by atoms with van der Waals surface area (Å²) in [5.74, 6) is -1.44. The lowest BCUT2D eigenvalue weighted by Crippen LogP contribution is -2.22. The van der Waals surface area contributed by atoms with E-state index in [-0.39, 0.29) is 5.69 Å². The highest BCUT2D eigenvalue weighted by atomic mass is 17.2. The molecule has 0 unspecified atom stereocenters. The van der Waals surface area contributed by atoms with Crippen molar-refractivity contribution in [1.29, 1.82) is 0 Å². The first-order chi connectivity index (χ1) is 8.41. The number of amides is 1. The van der Waals surface area contributed by atoms with Gasteiger partial charge >= 0.3 is 6.16 Å². The molecule has 0 bridgehead atoms. The first-order valence-corrected chi connectivity index (χ1v) is 4.98. The molecule has 1 rings (SSSR count). The van der Waals surface area contributed by atoms with E-state index in [1.165, 1.54) is 6.20 Å². The summed E-state index contributed by atoms with van der Waals surface area (Å²) >= 11 is 0. The van der Waals surface area contributed by atoms with E-state index in [0.29, 0.717) is 0 Å². The first-order valence-electron chi connectivity index (χ1n) is 4.98. The van der Waals surface area contributed by atoms with Crippen molar-refractivity contribution in [3.8, 4) is 5.75 Å². The number of nitrogens with two attached hydrogens (primary N) is 1. The molecule has 0 fully saturated rings. The van der Waals surface area contributed by atoms with Crippen LogP contribution >= 0.6 is 0 Å². The summed E-state index contributed by atoms with van der Waals surface area (Å²) in [6, 6.07) is 1.08. The molecule has 0 aliphatic heterocycles. The number of aromatic amines is 1. The number of ether oxygens (including phenoxy) is 1. The van der Waals surface area contributed by atoms with E-state index < -0.39 is 29.3 Å². The predicted molar refractivity (Wildman–Crippen MR) is 58.9 cm³/mol. The lowest BCUT2D eigenvalue weighted by atomic mass is 10.3. The fourth-order valence-corrected chi connectivity index (χ4v) is 1.02. The number of carbonyl (C=O) groups is 2. The summed E-state index contributed by atoms with van der Waals surface area (Å²) in [4.78, 5) is 44.5. The van der Waals surface area contributed by atoms with E-state index in [9.17, 15) is 14.4 Å². The Morgan fingerprint density at radius 3 is 2.61 bits per heavy atom. The molecular weight excluding hydrogens is 244 g/mol. The van der Waals surface area contributed by atoms with Crippen molar-refractivity contribution in [1.82, 2.24) is 4.98 Å². The van der Waals surface area contributed by atoms with Gasteiger partial charge in [0.15, 0.2) is 5.69 Å². The summed E-state index contributed by atoms with van der Waals surface area (Å²) in [6.07, 6.45) is -0.337. The van der Waals surface area contributed by atoms with Crippen LogP contribution < -0.4 is 16.1 Å². The molecular formula is C10H12N2O6. The normalized spacial score (nSPS) is 9.94. The number of aromatic nitrogens is 1. The lowest BCUT2D eigenvalue weighted by molar-refractivity contribution is -0.173. The van der Waals surface area contributed by atoms with Crippen molar-refractivity contribution in [2.24, 2.45) is 5.73 Å². The van der Waals surface area contributed by atoms with E-state index in [4.69, 9.17) is 5.73 Å². The maximum absolute atomic E-state index is 11.4. The summed E-state index contributed by atoms with van der Waals surface area (Å²) < 4.78 is 4.60. The van der Waals surface area contributed by atoms with Gasteiger partial charge in [-0.2, -0.15) is 4.79 Å². The van der Waals surface area contributed by atoms with Crippen molar-refractivity contribution in [2.75, 3.05) is 0 Å². The van der Waals surface area contributed by atoms with Crippen molar-refractivity contribution in [3.63, 3.8) is 0 Å². The number of nitrogens with one attached hydrogen (secondary N) is 1. The van der Waals surface area contributed by atoms with Gasteiger partial charge in [0.25, 0.3) is 11.7 Å². The van der Waals surface area contributed by atoms with Gasteiger partial charge in [0, 0.05) is 12.3 Å². The Morgan fingerprint density at radius 1 is 1.39 bits per heavy atom. The van der Waals surface area contributed by atoms with E-state index in [0.717, 1.165) is 6.07 Å². The first kappa shape index (κ1) is 13.6. The number of pyridine rings is 1. The maximum atomic E-state index is 11.4. The standard InChI is InChI=1S/C10H12N2O6/c1-5(2)16-10(15)18-17-8-6(13)3-4-12-7(8)9(11)14/h3-5H,1-2H3,(H2,11,14)(H,12,13). The number of hydrogen-bond donors (Lipinski definition) is 2. The van der Waals surface area contributed by atoms with Gasteiger partial charge in [-0.25, -0.2) is 4.89 Å². The third-order valence-electron chi connectivity index (χ3n) is 1.68. The molecule has 8 heteroatoms. The topological polar surface area (TPSA) is 121 Å². The van der Waals surface area contributed by atoms with Gasteiger partial charge in [0.05, 0.1) is 6.10 Å². The monoisotopic (exact) mass is 256 g/mol. The van der Waals surface area contributed by atoms with Crippen LogP contribution in [0.5, 0.6) is 5.75 Å². The number of primary amides is 1. The SMILES string of the molecule is CC(C)OC(=O)OOc1c(C(N)=O)[nH]ccc1=O. The molecule has 0 aliphatic rings. The minimum absolute atomic E-state index is 0.306. The summed E-state index contributed by atoms with van der Waals surface area (Å²) in [5.41, 5.74) is 4.04. The zero-order chi connectivity index (χ0) is 13.7. The highest BCUT2D eigenvalue weighted by Crippen LogP contribution is 2.09. The Hall–Kier alpha value is -2.51. The molecule has 0 atom stereocenters. The predicted octanol–water partition coefficient (Wildman–Crippen LogP) is 0.329. The molecule has 98 valence electrons. The van der Waals surface area contributed by atoms with Gasteiger partial charge in [-0.1, -0.05) is 0 Å². The molecule has 18 heavy (non-hydrogen) atoms. The van der Waals surface area contributed by atoms with Crippen molar-refractivity contribution < 1.29 is 24.1 Å². The molecule has 0 aliphatic carbocycles. The Labute approximate surface area is 102 Å². The van der Waals surface area contributed by atoms with Crippen molar-refractivity contribution in [2.45, 2.75) is 20.0 Å². The van der Waals surface area contributed by atoms with Crippen LogP contribution in [-0.2, 0) is 9.62 Å². The second kappa shape index (κ2) is 5.71. The van der Waals surface area contributed by atoms with Gasteiger partial charge in [0.2, 0.25) is 5.43 Å². The average Bonchev–Trinajstić information content (AvgIpc) is 2.25. The molecule has 1 aromatic rings. The maximum Gasteiger partial charge on any atom is 0.550 e. The van der Waals surface area contributed by atoms with Crippen molar-refractivity contribution >= 4 is 12.1 Å². The number of H-pyrrole nitrogens is 1. The van der Waals surface area contributed by atoms with Gasteiger partial charge in [-0.15, -0.1) is 0 Å². The molecule has 0 saturated heterocycles. The van der Waals surface area contributed by atoms with Gasteiger partial charge in [-0.05, 0) is 13.8 Å². The smallest absolute Gasteiger partial charge is 0.429 e. The van der Waals surface area contributed by atoms with E-state index >= 15 is 0 Å². The average molecular weight is 256 g/mol. The molecule has 1 heterocycles. The van der Waals surface area contributed by atoms with Crippen molar-refractivity contribution in [3.05, 3.63) is 28.2 Å². The van der Waals surface area contributed by atoms with Crippen LogP contribution in [0.15, 0.2) is 17.1 Å². The second-order valence-corrected chi connectivity index (χ2v) is 3.49. The number of carbonyl (C=O) groups excluding carboxylic acids is 2. The molecule has 0 aromatic carbocycles. The second-order valence-electron chi connectivity index (χ2n) is 3.49. The fourth-order valence-electron chi connectivity index (χ4n) is 1.02. The highest BCUT2D eigenvalue weighted by molar-refractivity contribution is 5.93. The summed E-state index contributed by atoms with van der Waals surface area (Å²) in [7, 11) is 0. The molecule has 0 saturated carbocycles. The molecule has 1 aromatic heterocycles. The molecule has 8 nitrogen and oxygen atoms in total. The summed E-state index contributed by atoms with van der Waals surface area (Å²) in [5, 5.41) is 0. The highest BCUT2D eigenvalue weighted by Gasteiger charge is 2.17. The van der Waals surface area contributed by atoms with Gasteiger partial charge in [0.1, 0.15) is 0 Å². The zero-order valence-corrected chi connectivity index (χ0v) is 9.76. The Balaban J connectivity index is 2.82. The largest absolute Gasteiger partial charge is 0.550 e. The minimum Gasteiger partial charge on any atom is -0.429 e. The van der Waals surface area contributed by atoms with Crippen LogP contribution in [0.3, 0.4) is 0 Å². The Bertz CT molecular complexity index is 507. The molecule has 0 spiro atoms. The third-order valence-corrected chi connectivity index (χ3v) is 1.68. The molecule has 1 amide bonds. The number of hydrogen-bond acceptors (Lipinski definition) is 6. The Morgan fingerprint density at radius 2 is 2.06 bits per heavy atom. The van der Waals surface area contributed by atoms with Crippen LogP contribution in [0, 0.1) is 0 Å². The van der Waals surface area contributed by atoms with Crippen LogP contribution in [0.1, 0.15) is 24.3 Å². The van der Waals surface area contributed by atoms with Crippen LogP contribution in [0.2, 0.25) is 0 Å². The fraction of sp³-hybridized carbons (Fsp3) is 0.300. The molecule has 3 N–H and O–H groups in total. The Kier molecular flexibility index (Phi) is 4.30. The number of rotatable bonds is 4. The van der Waals surface area contributed by atoms with Crippen LogP contribution in [-0.4, -0.2) is 23.2 Å². The van der Waals surface area contributed by atoms with E-state index in [2.05, 4.69) is 19.5 Å². The van der Waals surface area contributed by atoms with E-state index in [1.807, 2.05) is 0 Å².